The normalized spacial score (nSPS) is 20.7. The number of rotatable bonds is 5. The van der Waals surface area contributed by atoms with Gasteiger partial charge in [-0.05, 0) is 54.7 Å². The molecule has 2 aliphatic rings. The number of carbonyl (C=O) groups is 1. The minimum absolute atomic E-state index is 0.275. The molecular weight excluding hydrogens is 330 g/mol. The molecule has 0 unspecified atom stereocenters. The van der Waals surface area contributed by atoms with Crippen molar-refractivity contribution in [1.82, 2.24) is 4.90 Å². The van der Waals surface area contributed by atoms with Crippen molar-refractivity contribution in [1.29, 1.82) is 0 Å². The first-order chi connectivity index (χ1) is 13.3. The molecule has 0 spiro atoms. The molecule has 1 aliphatic carbocycles. The predicted octanol–water partition coefficient (Wildman–Crippen LogP) is 5.91. The van der Waals surface area contributed by atoms with E-state index in [0.717, 1.165) is 32.2 Å². The van der Waals surface area contributed by atoms with Crippen LogP contribution in [0.4, 0.5) is 0 Å². The molecule has 2 aromatic carbocycles. The van der Waals surface area contributed by atoms with Gasteiger partial charge in [-0.15, -0.1) is 0 Å². The Hall–Kier alpha value is -2.09. The van der Waals surface area contributed by atoms with Gasteiger partial charge in [0.2, 0.25) is 5.91 Å². The SMILES string of the molecule is O=C(CC1CCCCC1)N1CCC[C@H]1c1cccc(Cc2ccccc2)c1. The molecule has 2 aromatic rings. The van der Waals surface area contributed by atoms with Crippen LogP contribution in [0.2, 0.25) is 0 Å². The lowest BCUT2D eigenvalue weighted by molar-refractivity contribution is -0.133. The Morgan fingerprint density at radius 1 is 0.852 bits per heavy atom. The van der Waals surface area contributed by atoms with Crippen molar-refractivity contribution < 1.29 is 4.79 Å². The Morgan fingerprint density at radius 2 is 1.63 bits per heavy atom. The lowest BCUT2D eigenvalue weighted by Crippen LogP contribution is -2.32. The number of nitrogens with zero attached hydrogens (tertiary/aromatic N) is 1. The second kappa shape index (κ2) is 8.73. The van der Waals surface area contributed by atoms with Gasteiger partial charge in [-0.2, -0.15) is 0 Å². The predicted molar refractivity (Wildman–Crippen MR) is 111 cm³/mol. The maximum absolute atomic E-state index is 13.0. The summed E-state index contributed by atoms with van der Waals surface area (Å²) in [6, 6.07) is 19.8. The molecule has 142 valence electrons. The largest absolute Gasteiger partial charge is 0.336 e. The van der Waals surface area contributed by atoms with Crippen molar-refractivity contribution in [3.05, 3.63) is 71.3 Å². The number of likely N-dealkylation sites (tertiary alicyclic amines) is 1. The van der Waals surface area contributed by atoms with E-state index in [2.05, 4.69) is 59.5 Å². The molecule has 0 bridgehead atoms. The van der Waals surface area contributed by atoms with E-state index in [-0.39, 0.29) is 6.04 Å². The zero-order chi connectivity index (χ0) is 18.5. The Kier molecular flexibility index (Phi) is 5.91. The molecule has 0 aromatic heterocycles. The van der Waals surface area contributed by atoms with Gasteiger partial charge in [-0.1, -0.05) is 73.9 Å². The highest BCUT2D eigenvalue weighted by atomic mass is 16.2. The van der Waals surface area contributed by atoms with E-state index < -0.39 is 0 Å². The van der Waals surface area contributed by atoms with E-state index in [0.29, 0.717) is 11.8 Å². The number of hydrogen-bond acceptors (Lipinski definition) is 1. The molecule has 4 rings (SSSR count). The van der Waals surface area contributed by atoms with Gasteiger partial charge in [-0.25, -0.2) is 0 Å². The van der Waals surface area contributed by atoms with E-state index in [1.165, 1.54) is 48.8 Å². The molecule has 2 fully saturated rings. The van der Waals surface area contributed by atoms with Gasteiger partial charge >= 0.3 is 0 Å². The van der Waals surface area contributed by atoms with Crippen molar-refractivity contribution in [2.75, 3.05) is 6.54 Å². The molecule has 27 heavy (non-hydrogen) atoms. The molecule has 1 amide bonds. The average Bonchev–Trinajstić information content (AvgIpc) is 3.20. The van der Waals surface area contributed by atoms with Crippen LogP contribution >= 0.6 is 0 Å². The van der Waals surface area contributed by atoms with E-state index in [9.17, 15) is 4.79 Å². The van der Waals surface area contributed by atoms with Gasteiger partial charge in [0.15, 0.2) is 0 Å². The Morgan fingerprint density at radius 3 is 2.44 bits per heavy atom. The van der Waals surface area contributed by atoms with Gasteiger partial charge in [0.05, 0.1) is 6.04 Å². The second-order valence-corrected chi connectivity index (χ2v) is 8.36. The van der Waals surface area contributed by atoms with Crippen molar-refractivity contribution >= 4 is 5.91 Å². The number of carbonyl (C=O) groups excluding carboxylic acids is 1. The second-order valence-electron chi connectivity index (χ2n) is 8.36. The minimum Gasteiger partial charge on any atom is -0.336 e. The van der Waals surface area contributed by atoms with Crippen LogP contribution in [0.1, 0.15) is 74.1 Å². The number of benzene rings is 2. The van der Waals surface area contributed by atoms with Crippen LogP contribution in [0.3, 0.4) is 0 Å². The highest BCUT2D eigenvalue weighted by Crippen LogP contribution is 2.35. The van der Waals surface area contributed by atoms with Crippen LogP contribution in [0.25, 0.3) is 0 Å². The maximum Gasteiger partial charge on any atom is 0.223 e. The smallest absolute Gasteiger partial charge is 0.223 e. The monoisotopic (exact) mass is 361 g/mol. The molecule has 1 aliphatic heterocycles. The quantitative estimate of drug-likeness (QED) is 0.648. The summed E-state index contributed by atoms with van der Waals surface area (Å²) in [5, 5.41) is 0. The first kappa shape index (κ1) is 18.3. The molecule has 0 radical (unpaired) electrons. The third-order valence-electron chi connectivity index (χ3n) is 6.35. The Labute approximate surface area is 163 Å². The molecule has 0 N–H and O–H groups in total. The maximum atomic E-state index is 13.0. The lowest BCUT2D eigenvalue weighted by Gasteiger charge is -2.28. The third-order valence-corrected chi connectivity index (χ3v) is 6.35. The van der Waals surface area contributed by atoms with Crippen LogP contribution in [0.15, 0.2) is 54.6 Å². The van der Waals surface area contributed by atoms with Crippen molar-refractivity contribution in [2.24, 2.45) is 5.92 Å². The Bertz CT molecular complexity index is 748. The zero-order valence-electron chi connectivity index (χ0n) is 16.3. The summed E-state index contributed by atoms with van der Waals surface area (Å²) in [5.74, 6) is 1.01. The average molecular weight is 362 g/mol. The molecule has 1 saturated heterocycles. The summed E-state index contributed by atoms with van der Waals surface area (Å²) in [7, 11) is 0. The Balaban J connectivity index is 1.45. The lowest BCUT2D eigenvalue weighted by atomic mass is 9.86. The molecule has 2 heteroatoms. The third kappa shape index (κ3) is 4.61. The van der Waals surface area contributed by atoms with E-state index in [4.69, 9.17) is 0 Å². The van der Waals surface area contributed by atoms with Crippen LogP contribution in [0, 0.1) is 5.92 Å². The van der Waals surface area contributed by atoms with E-state index in [1.807, 2.05) is 0 Å². The number of amides is 1. The highest BCUT2D eigenvalue weighted by Gasteiger charge is 2.31. The molecule has 2 nitrogen and oxygen atoms in total. The van der Waals surface area contributed by atoms with Crippen molar-refractivity contribution in [3.8, 4) is 0 Å². The number of hydrogen-bond donors (Lipinski definition) is 0. The fourth-order valence-electron chi connectivity index (χ4n) is 4.91. The summed E-state index contributed by atoms with van der Waals surface area (Å²) in [4.78, 5) is 15.2. The van der Waals surface area contributed by atoms with Crippen LogP contribution in [-0.4, -0.2) is 17.4 Å². The van der Waals surface area contributed by atoms with E-state index >= 15 is 0 Å². The topological polar surface area (TPSA) is 20.3 Å². The first-order valence-corrected chi connectivity index (χ1v) is 10.7. The fourth-order valence-corrected chi connectivity index (χ4v) is 4.91. The van der Waals surface area contributed by atoms with Gasteiger partial charge in [0.25, 0.3) is 0 Å². The zero-order valence-corrected chi connectivity index (χ0v) is 16.3. The minimum atomic E-state index is 0.275. The van der Waals surface area contributed by atoms with Gasteiger partial charge in [0.1, 0.15) is 0 Å². The molecule has 1 saturated carbocycles. The molecule has 1 heterocycles. The standard InChI is InChI=1S/C25H31NO/c27-25(19-21-11-5-2-6-12-21)26-16-8-15-24(26)23-14-7-13-22(18-23)17-20-9-3-1-4-10-20/h1,3-4,7,9-10,13-14,18,21,24H,2,5-6,8,11-12,15-17,19H2/t24-/m0/s1. The van der Waals surface area contributed by atoms with Gasteiger partial charge in [0, 0.05) is 13.0 Å². The molecular formula is C25H31NO. The summed E-state index contributed by atoms with van der Waals surface area (Å²) in [6.07, 6.45) is 10.4. The summed E-state index contributed by atoms with van der Waals surface area (Å²) in [5.41, 5.74) is 3.99. The summed E-state index contributed by atoms with van der Waals surface area (Å²) >= 11 is 0. The van der Waals surface area contributed by atoms with Crippen molar-refractivity contribution in [2.45, 2.75) is 63.8 Å². The van der Waals surface area contributed by atoms with Crippen molar-refractivity contribution in [3.63, 3.8) is 0 Å². The fraction of sp³-hybridized carbons (Fsp3) is 0.480. The van der Waals surface area contributed by atoms with Crippen LogP contribution in [-0.2, 0) is 11.2 Å². The van der Waals surface area contributed by atoms with Gasteiger partial charge in [-0.3, -0.25) is 4.79 Å². The van der Waals surface area contributed by atoms with E-state index in [1.54, 1.807) is 0 Å². The highest BCUT2D eigenvalue weighted by molar-refractivity contribution is 5.77. The van der Waals surface area contributed by atoms with Crippen LogP contribution < -0.4 is 0 Å². The first-order valence-electron chi connectivity index (χ1n) is 10.7. The molecule has 1 atom stereocenters. The van der Waals surface area contributed by atoms with Gasteiger partial charge < -0.3 is 4.90 Å². The van der Waals surface area contributed by atoms with Crippen LogP contribution in [0.5, 0.6) is 0 Å². The summed E-state index contributed by atoms with van der Waals surface area (Å²) in [6.45, 7) is 0.930. The summed E-state index contributed by atoms with van der Waals surface area (Å²) < 4.78 is 0.